The molecule has 6 nitrogen and oxygen atoms in total. The average molecular weight is 279 g/mol. The van der Waals surface area contributed by atoms with Crippen molar-refractivity contribution >= 4 is 22.6 Å². The molecule has 0 bridgehead atoms. The standard InChI is InChI=1S/C12H13N3O3S/c1-12(18,10(16)17)7-13-11-14-9(15-19-11)8-5-3-2-4-6-8/h2-6,18H,7H2,1H3,(H,16,17)(H,13,14,15). The lowest BCUT2D eigenvalue weighted by Gasteiger charge is -2.17. The molecule has 0 aliphatic heterocycles. The van der Waals surface area contributed by atoms with Gasteiger partial charge in [0.2, 0.25) is 5.13 Å². The topological polar surface area (TPSA) is 95.3 Å². The van der Waals surface area contributed by atoms with Crippen LogP contribution in [0.4, 0.5) is 5.13 Å². The first-order chi connectivity index (χ1) is 8.99. The van der Waals surface area contributed by atoms with Gasteiger partial charge in [0.15, 0.2) is 11.4 Å². The quantitative estimate of drug-likeness (QED) is 0.766. The number of carboxylic acids is 1. The zero-order valence-electron chi connectivity index (χ0n) is 10.2. The van der Waals surface area contributed by atoms with Crippen molar-refractivity contribution in [3.05, 3.63) is 30.3 Å². The number of carbonyl (C=O) groups is 1. The molecule has 7 heteroatoms. The van der Waals surface area contributed by atoms with E-state index in [9.17, 15) is 9.90 Å². The minimum atomic E-state index is -1.83. The number of nitrogens with one attached hydrogen (secondary N) is 1. The molecule has 2 rings (SSSR count). The van der Waals surface area contributed by atoms with Crippen LogP contribution < -0.4 is 5.32 Å². The molecule has 0 amide bonds. The van der Waals surface area contributed by atoms with E-state index in [-0.39, 0.29) is 6.54 Å². The number of nitrogens with zero attached hydrogens (tertiary/aromatic N) is 2. The van der Waals surface area contributed by atoms with Gasteiger partial charge in [0.25, 0.3) is 0 Å². The van der Waals surface area contributed by atoms with E-state index in [0.29, 0.717) is 11.0 Å². The van der Waals surface area contributed by atoms with Crippen molar-refractivity contribution in [2.45, 2.75) is 12.5 Å². The summed E-state index contributed by atoms with van der Waals surface area (Å²) in [6.07, 6.45) is 0. The van der Waals surface area contributed by atoms with E-state index in [1.807, 2.05) is 30.3 Å². The highest BCUT2D eigenvalue weighted by atomic mass is 32.1. The van der Waals surface area contributed by atoms with Crippen LogP contribution in [0, 0.1) is 0 Å². The molecule has 0 saturated heterocycles. The maximum absolute atomic E-state index is 10.7. The van der Waals surface area contributed by atoms with Gasteiger partial charge in [0.1, 0.15) is 0 Å². The van der Waals surface area contributed by atoms with Gasteiger partial charge < -0.3 is 15.5 Å². The fraction of sp³-hybridized carbons (Fsp3) is 0.250. The van der Waals surface area contributed by atoms with Crippen molar-refractivity contribution in [3.8, 4) is 11.4 Å². The molecular formula is C12H13N3O3S. The number of aliphatic hydroxyl groups is 1. The van der Waals surface area contributed by atoms with Crippen molar-refractivity contribution < 1.29 is 15.0 Å². The summed E-state index contributed by atoms with van der Waals surface area (Å²) in [5.41, 5.74) is -0.949. The molecule has 100 valence electrons. The zero-order valence-corrected chi connectivity index (χ0v) is 11.0. The van der Waals surface area contributed by atoms with E-state index in [1.165, 1.54) is 6.92 Å². The highest BCUT2D eigenvalue weighted by molar-refractivity contribution is 7.09. The second-order valence-electron chi connectivity index (χ2n) is 4.22. The Kier molecular flexibility index (Phi) is 3.77. The van der Waals surface area contributed by atoms with E-state index in [1.54, 1.807) is 0 Å². The van der Waals surface area contributed by atoms with Crippen LogP contribution in [0.25, 0.3) is 11.4 Å². The fourth-order valence-electron chi connectivity index (χ4n) is 1.32. The van der Waals surface area contributed by atoms with Crippen molar-refractivity contribution in [1.82, 2.24) is 9.36 Å². The Morgan fingerprint density at radius 2 is 2.11 bits per heavy atom. The predicted molar refractivity (Wildman–Crippen MR) is 72.1 cm³/mol. The largest absolute Gasteiger partial charge is 0.479 e. The van der Waals surface area contributed by atoms with Crippen LogP contribution in [0.2, 0.25) is 0 Å². The first-order valence-electron chi connectivity index (χ1n) is 5.58. The summed E-state index contributed by atoms with van der Waals surface area (Å²) in [6, 6.07) is 9.45. The minimum absolute atomic E-state index is 0.133. The van der Waals surface area contributed by atoms with Crippen molar-refractivity contribution in [3.63, 3.8) is 0 Å². The molecule has 1 unspecified atom stereocenters. The summed E-state index contributed by atoms with van der Waals surface area (Å²) in [6.45, 7) is 1.09. The number of aromatic nitrogens is 2. The third-order valence-electron chi connectivity index (χ3n) is 2.50. The lowest BCUT2D eigenvalue weighted by atomic mass is 10.1. The molecule has 1 aromatic heterocycles. The number of rotatable bonds is 5. The van der Waals surface area contributed by atoms with E-state index < -0.39 is 11.6 Å². The number of aliphatic carboxylic acids is 1. The lowest BCUT2D eigenvalue weighted by molar-refractivity contribution is -0.155. The van der Waals surface area contributed by atoms with E-state index in [2.05, 4.69) is 14.7 Å². The molecule has 0 fully saturated rings. The SMILES string of the molecule is CC(O)(CNc1nc(-c2ccccc2)ns1)C(=O)O. The molecule has 19 heavy (non-hydrogen) atoms. The van der Waals surface area contributed by atoms with Crippen LogP contribution in [-0.4, -0.2) is 37.7 Å². The molecule has 1 atom stereocenters. The van der Waals surface area contributed by atoms with Crippen molar-refractivity contribution in [1.29, 1.82) is 0 Å². The first-order valence-corrected chi connectivity index (χ1v) is 6.35. The Morgan fingerprint density at radius 1 is 1.42 bits per heavy atom. The van der Waals surface area contributed by atoms with Gasteiger partial charge in [-0.3, -0.25) is 0 Å². The summed E-state index contributed by atoms with van der Waals surface area (Å²) in [5, 5.41) is 21.6. The van der Waals surface area contributed by atoms with Crippen LogP contribution in [0.1, 0.15) is 6.92 Å². The second kappa shape index (κ2) is 5.33. The first kappa shape index (κ1) is 13.4. The van der Waals surface area contributed by atoms with E-state index in [4.69, 9.17) is 5.11 Å². The number of benzene rings is 1. The summed E-state index contributed by atoms with van der Waals surface area (Å²) in [4.78, 5) is 15.0. The summed E-state index contributed by atoms with van der Waals surface area (Å²) < 4.78 is 4.17. The molecule has 0 spiro atoms. The smallest absolute Gasteiger partial charge is 0.337 e. The normalized spacial score (nSPS) is 13.8. The lowest BCUT2D eigenvalue weighted by Crippen LogP contribution is -2.41. The molecular weight excluding hydrogens is 266 g/mol. The van der Waals surface area contributed by atoms with Gasteiger partial charge in [-0.2, -0.15) is 9.36 Å². The van der Waals surface area contributed by atoms with Crippen LogP contribution in [0.5, 0.6) is 0 Å². The van der Waals surface area contributed by atoms with Gasteiger partial charge in [-0.05, 0) is 6.92 Å². The highest BCUT2D eigenvalue weighted by Crippen LogP contribution is 2.21. The van der Waals surface area contributed by atoms with Crippen LogP contribution in [-0.2, 0) is 4.79 Å². The zero-order chi connectivity index (χ0) is 13.9. The Hall–Kier alpha value is -1.99. The Balaban J connectivity index is 2.05. The van der Waals surface area contributed by atoms with Gasteiger partial charge >= 0.3 is 5.97 Å². The fourth-order valence-corrected chi connectivity index (χ4v) is 1.91. The van der Waals surface area contributed by atoms with Gasteiger partial charge in [-0.15, -0.1) is 0 Å². The molecule has 0 radical (unpaired) electrons. The molecule has 1 heterocycles. The summed E-state index contributed by atoms with van der Waals surface area (Å²) in [5.74, 6) is -0.712. The number of anilines is 1. The predicted octanol–water partition coefficient (Wildman–Crippen LogP) is 1.45. The van der Waals surface area contributed by atoms with Gasteiger partial charge in [-0.1, -0.05) is 30.3 Å². The molecule has 0 aliphatic rings. The molecule has 3 N–H and O–H groups in total. The van der Waals surface area contributed by atoms with Crippen LogP contribution in [0.15, 0.2) is 30.3 Å². The number of hydrogen-bond donors (Lipinski definition) is 3. The third-order valence-corrected chi connectivity index (χ3v) is 3.18. The Bertz CT molecular complexity index is 569. The summed E-state index contributed by atoms with van der Waals surface area (Å²) >= 11 is 1.12. The van der Waals surface area contributed by atoms with Gasteiger partial charge in [-0.25, -0.2) is 4.79 Å². The maximum atomic E-state index is 10.7. The Morgan fingerprint density at radius 3 is 2.74 bits per heavy atom. The van der Waals surface area contributed by atoms with Crippen molar-refractivity contribution in [2.75, 3.05) is 11.9 Å². The molecule has 1 aromatic carbocycles. The van der Waals surface area contributed by atoms with Crippen molar-refractivity contribution in [2.24, 2.45) is 0 Å². The average Bonchev–Trinajstić information content (AvgIpc) is 2.86. The number of carboxylic acid groups (broad SMARTS) is 1. The number of hydrogen-bond acceptors (Lipinski definition) is 6. The second-order valence-corrected chi connectivity index (χ2v) is 4.97. The minimum Gasteiger partial charge on any atom is -0.479 e. The molecule has 0 saturated carbocycles. The highest BCUT2D eigenvalue weighted by Gasteiger charge is 2.29. The van der Waals surface area contributed by atoms with Crippen LogP contribution in [0.3, 0.4) is 0 Å². The molecule has 0 aliphatic carbocycles. The monoisotopic (exact) mass is 279 g/mol. The maximum Gasteiger partial charge on any atom is 0.337 e. The third kappa shape index (κ3) is 3.27. The van der Waals surface area contributed by atoms with Crippen LogP contribution >= 0.6 is 11.5 Å². The van der Waals surface area contributed by atoms with Gasteiger partial charge in [0, 0.05) is 17.1 Å². The van der Waals surface area contributed by atoms with Gasteiger partial charge in [0.05, 0.1) is 6.54 Å². The van der Waals surface area contributed by atoms with E-state index >= 15 is 0 Å². The Labute approximate surface area is 113 Å². The molecule has 2 aromatic rings. The summed E-state index contributed by atoms with van der Waals surface area (Å²) in [7, 11) is 0. The van der Waals surface area contributed by atoms with E-state index in [0.717, 1.165) is 17.1 Å².